The van der Waals surface area contributed by atoms with Crippen LogP contribution in [0.15, 0.2) is 34.8 Å². The fraction of sp³-hybridized carbons (Fsp3) is 0.300. The Kier molecular flexibility index (Phi) is 3.38. The zero-order valence-corrected chi connectivity index (χ0v) is 8.64. The van der Waals surface area contributed by atoms with E-state index < -0.39 is 4.92 Å². The zero-order chi connectivity index (χ0) is 11.4. The summed E-state index contributed by atoms with van der Waals surface area (Å²) >= 11 is 0. The van der Waals surface area contributed by atoms with Gasteiger partial charge in [0.25, 0.3) is 11.2 Å². The average molecular weight is 208 g/mol. The Morgan fingerprint density at radius 3 is 2.73 bits per heavy atom. The molecule has 0 saturated carbocycles. The predicted molar refractivity (Wildman–Crippen MR) is 56.8 cm³/mol. The third kappa shape index (κ3) is 3.05. The first kappa shape index (κ1) is 11.2. The highest BCUT2D eigenvalue weighted by Gasteiger charge is 2.06. The third-order valence-electron chi connectivity index (χ3n) is 1.87. The van der Waals surface area contributed by atoms with Crippen LogP contribution in [0.5, 0.6) is 0 Å². The van der Waals surface area contributed by atoms with Crippen molar-refractivity contribution in [3.05, 3.63) is 50.4 Å². The maximum absolute atomic E-state index is 11.3. The zero-order valence-electron chi connectivity index (χ0n) is 8.64. The molecule has 80 valence electrons. The van der Waals surface area contributed by atoms with Gasteiger partial charge >= 0.3 is 0 Å². The molecule has 15 heavy (non-hydrogen) atoms. The van der Waals surface area contributed by atoms with Crippen molar-refractivity contribution >= 4 is 5.69 Å². The number of rotatable bonds is 3. The van der Waals surface area contributed by atoms with Gasteiger partial charge in [0.2, 0.25) is 0 Å². The maximum Gasteiger partial charge on any atom is 0.285 e. The molecule has 0 amide bonds. The molecule has 0 spiro atoms. The van der Waals surface area contributed by atoms with Crippen LogP contribution in [0.1, 0.15) is 13.8 Å². The predicted octanol–water partition coefficient (Wildman–Crippen LogP) is 1.72. The quantitative estimate of drug-likeness (QED) is 0.431. The minimum atomic E-state index is -0.515. The van der Waals surface area contributed by atoms with Gasteiger partial charge in [-0.1, -0.05) is 11.6 Å². The molecule has 1 aromatic rings. The van der Waals surface area contributed by atoms with Gasteiger partial charge in [0.05, 0.1) is 11.1 Å². The van der Waals surface area contributed by atoms with Gasteiger partial charge in [-0.05, 0) is 13.8 Å². The van der Waals surface area contributed by atoms with Crippen LogP contribution in [-0.4, -0.2) is 9.49 Å². The highest BCUT2D eigenvalue weighted by atomic mass is 16.6. The van der Waals surface area contributed by atoms with Crippen molar-refractivity contribution in [2.75, 3.05) is 0 Å². The van der Waals surface area contributed by atoms with E-state index in [-0.39, 0.29) is 11.2 Å². The largest absolute Gasteiger partial charge is 0.305 e. The third-order valence-corrected chi connectivity index (χ3v) is 1.87. The topological polar surface area (TPSA) is 65.1 Å². The molecule has 5 nitrogen and oxygen atoms in total. The second-order valence-electron chi connectivity index (χ2n) is 3.42. The summed E-state index contributed by atoms with van der Waals surface area (Å²) in [6, 6.07) is 2.41. The number of nitrogens with zero attached hydrogens (tertiary/aromatic N) is 2. The molecule has 5 heteroatoms. The summed E-state index contributed by atoms with van der Waals surface area (Å²) in [5.41, 5.74) is 0.753. The maximum atomic E-state index is 11.3. The molecule has 0 fully saturated rings. The van der Waals surface area contributed by atoms with Crippen LogP contribution < -0.4 is 5.56 Å². The SMILES string of the molecule is CC(C)=CCn1cc([N+](=O)[O-])ccc1=O. The summed E-state index contributed by atoms with van der Waals surface area (Å²) in [5.74, 6) is 0. The van der Waals surface area contributed by atoms with E-state index in [4.69, 9.17) is 0 Å². The summed E-state index contributed by atoms with van der Waals surface area (Å²) in [6.07, 6.45) is 3.09. The van der Waals surface area contributed by atoms with Gasteiger partial charge in [-0.3, -0.25) is 14.9 Å². The lowest BCUT2D eigenvalue weighted by Gasteiger charge is -2.01. The summed E-state index contributed by atoms with van der Waals surface area (Å²) in [4.78, 5) is 21.3. The van der Waals surface area contributed by atoms with Crippen molar-refractivity contribution in [1.29, 1.82) is 0 Å². The number of allylic oxidation sites excluding steroid dienone is 2. The minimum absolute atomic E-state index is 0.0724. The van der Waals surface area contributed by atoms with Crippen molar-refractivity contribution in [3.63, 3.8) is 0 Å². The monoisotopic (exact) mass is 208 g/mol. The molecule has 0 bridgehead atoms. The number of pyridine rings is 1. The van der Waals surface area contributed by atoms with Crippen molar-refractivity contribution in [3.8, 4) is 0 Å². The first-order valence-electron chi connectivity index (χ1n) is 4.49. The number of aromatic nitrogens is 1. The van der Waals surface area contributed by atoms with Gasteiger partial charge in [0, 0.05) is 18.7 Å². The summed E-state index contributed by atoms with van der Waals surface area (Å²) in [7, 11) is 0. The van der Waals surface area contributed by atoms with Gasteiger partial charge in [0.15, 0.2) is 0 Å². The standard InChI is InChI=1S/C10H12N2O3/c1-8(2)5-6-11-7-9(12(14)15)3-4-10(11)13/h3-5,7H,6H2,1-2H3. The van der Waals surface area contributed by atoms with Gasteiger partial charge in [0.1, 0.15) is 0 Å². The van der Waals surface area contributed by atoms with Gasteiger partial charge in [-0.25, -0.2) is 0 Å². The van der Waals surface area contributed by atoms with Crippen molar-refractivity contribution in [1.82, 2.24) is 4.57 Å². The van der Waals surface area contributed by atoms with E-state index in [9.17, 15) is 14.9 Å². The average Bonchev–Trinajstić information content (AvgIpc) is 2.16. The fourth-order valence-electron chi connectivity index (χ4n) is 1.05. The van der Waals surface area contributed by atoms with Crippen LogP contribution >= 0.6 is 0 Å². The van der Waals surface area contributed by atoms with Crippen LogP contribution in [-0.2, 0) is 6.54 Å². The van der Waals surface area contributed by atoms with E-state index in [1.54, 1.807) is 0 Å². The molecule has 0 aliphatic heterocycles. The number of hydrogen-bond donors (Lipinski definition) is 0. The first-order chi connectivity index (χ1) is 7.00. The lowest BCUT2D eigenvalue weighted by Crippen LogP contribution is -2.18. The molecular weight excluding hydrogens is 196 g/mol. The van der Waals surface area contributed by atoms with Gasteiger partial charge in [-0.2, -0.15) is 0 Å². The van der Waals surface area contributed by atoms with Crippen LogP contribution in [0.25, 0.3) is 0 Å². The van der Waals surface area contributed by atoms with E-state index in [0.717, 1.165) is 5.57 Å². The van der Waals surface area contributed by atoms with Crippen LogP contribution in [0.3, 0.4) is 0 Å². The number of nitro groups is 1. The molecule has 0 aliphatic rings. The normalized spacial score (nSPS) is 9.73. The van der Waals surface area contributed by atoms with E-state index in [1.165, 1.54) is 22.9 Å². The Hall–Kier alpha value is -1.91. The lowest BCUT2D eigenvalue weighted by molar-refractivity contribution is -0.385. The fourth-order valence-corrected chi connectivity index (χ4v) is 1.05. The highest BCUT2D eigenvalue weighted by Crippen LogP contribution is 2.06. The van der Waals surface area contributed by atoms with E-state index in [0.29, 0.717) is 6.54 Å². The van der Waals surface area contributed by atoms with Crippen molar-refractivity contribution in [2.45, 2.75) is 20.4 Å². The smallest absolute Gasteiger partial charge is 0.285 e. The van der Waals surface area contributed by atoms with E-state index >= 15 is 0 Å². The van der Waals surface area contributed by atoms with E-state index in [2.05, 4.69) is 0 Å². The molecule has 0 aliphatic carbocycles. The molecule has 1 heterocycles. The second-order valence-corrected chi connectivity index (χ2v) is 3.42. The molecule has 0 atom stereocenters. The molecule has 0 unspecified atom stereocenters. The molecule has 0 aromatic carbocycles. The second kappa shape index (κ2) is 4.54. The highest BCUT2D eigenvalue weighted by molar-refractivity contribution is 5.25. The van der Waals surface area contributed by atoms with Crippen molar-refractivity contribution in [2.24, 2.45) is 0 Å². The Bertz CT molecular complexity index is 456. The molecule has 1 aromatic heterocycles. The first-order valence-corrected chi connectivity index (χ1v) is 4.49. The van der Waals surface area contributed by atoms with E-state index in [1.807, 2.05) is 19.9 Å². The molecular formula is C10H12N2O3. The summed E-state index contributed by atoms with van der Waals surface area (Å²) < 4.78 is 1.31. The molecule has 1 rings (SSSR count). The Morgan fingerprint density at radius 2 is 2.20 bits per heavy atom. The van der Waals surface area contributed by atoms with Gasteiger partial charge < -0.3 is 4.57 Å². The minimum Gasteiger partial charge on any atom is -0.305 e. The molecule has 0 radical (unpaired) electrons. The van der Waals surface area contributed by atoms with Crippen molar-refractivity contribution < 1.29 is 4.92 Å². The van der Waals surface area contributed by atoms with Crippen LogP contribution in [0.2, 0.25) is 0 Å². The Balaban J connectivity index is 3.06. The van der Waals surface area contributed by atoms with Crippen LogP contribution in [0.4, 0.5) is 5.69 Å². The summed E-state index contributed by atoms with van der Waals surface area (Å²) in [5, 5.41) is 10.5. The molecule has 0 N–H and O–H groups in total. The molecule has 0 saturated heterocycles. The van der Waals surface area contributed by atoms with Gasteiger partial charge in [-0.15, -0.1) is 0 Å². The Morgan fingerprint density at radius 1 is 1.53 bits per heavy atom. The summed E-state index contributed by atoms with van der Waals surface area (Å²) in [6.45, 7) is 4.17. The number of hydrogen-bond acceptors (Lipinski definition) is 3. The lowest BCUT2D eigenvalue weighted by atomic mass is 10.3. The Labute approximate surface area is 86.8 Å². The van der Waals surface area contributed by atoms with Crippen LogP contribution in [0, 0.1) is 10.1 Å².